The maximum atomic E-state index is 11.6. The van der Waals surface area contributed by atoms with Crippen LogP contribution >= 0.6 is 0 Å². The fourth-order valence-corrected chi connectivity index (χ4v) is 1.59. The summed E-state index contributed by atoms with van der Waals surface area (Å²) >= 11 is 0. The summed E-state index contributed by atoms with van der Waals surface area (Å²) in [7, 11) is 0. The van der Waals surface area contributed by atoms with Crippen LogP contribution < -0.4 is 16.4 Å². The molecule has 0 aromatic heterocycles. The summed E-state index contributed by atoms with van der Waals surface area (Å²) in [5, 5.41) is 14.0. The highest BCUT2D eigenvalue weighted by Crippen LogP contribution is 2.24. The standard InChI is InChI=1S/C13H25N3O4/c1-12(2,3)6-8(9(17)18)7-15-11(20)16-13(4,5)10(14)19/h8H,6-7H2,1-5H3,(H2,14,19)(H,17,18)(H2,15,16,20). The SMILES string of the molecule is CC(C)(C)CC(CNC(=O)NC(C)(C)C(N)=O)C(=O)O. The van der Waals surface area contributed by atoms with E-state index in [1.54, 1.807) is 0 Å². The third kappa shape index (κ3) is 6.96. The van der Waals surface area contributed by atoms with E-state index in [-0.39, 0.29) is 12.0 Å². The molecule has 0 aromatic carbocycles. The third-order valence-corrected chi connectivity index (χ3v) is 2.76. The zero-order valence-electron chi connectivity index (χ0n) is 12.7. The first-order valence-electron chi connectivity index (χ1n) is 6.44. The molecule has 0 rings (SSSR count). The Morgan fingerprint density at radius 1 is 1.15 bits per heavy atom. The summed E-state index contributed by atoms with van der Waals surface area (Å²) in [6, 6.07) is -0.617. The van der Waals surface area contributed by atoms with Crippen LogP contribution in [0.3, 0.4) is 0 Å². The molecule has 0 heterocycles. The smallest absolute Gasteiger partial charge is 0.315 e. The molecular weight excluding hydrogens is 262 g/mol. The van der Waals surface area contributed by atoms with E-state index < -0.39 is 29.4 Å². The molecule has 0 saturated carbocycles. The number of rotatable bonds is 6. The van der Waals surface area contributed by atoms with Crippen molar-refractivity contribution in [1.29, 1.82) is 0 Å². The maximum absolute atomic E-state index is 11.6. The van der Waals surface area contributed by atoms with E-state index in [1.807, 2.05) is 20.8 Å². The lowest BCUT2D eigenvalue weighted by Gasteiger charge is -2.25. The number of carbonyl (C=O) groups is 3. The average Bonchev–Trinajstić information content (AvgIpc) is 2.21. The van der Waals surface area contributed by atoms with Gasteiger partial charge in [-0.2, -0.15) is 0 Å². The maximum Gasteiger partial charge on any atom is 0.315 e. The largest absolute Gasteiger partial charge is 0.481 e. The molecule has 0 radical (unpaired) electrons. The molecule has 0 bridgehead atoms. The zero-order valence-corrected chi connectivity index (χ0v) is 12.7. The number of urea groups is 1. The molecule has 116 valence electrons. The molecule has 0 saturated heterocycles. The fourth-order valence-electron chi connectivity index (χ4n) is 1.59. The Morgan fingerprint density at radius 2 is 1.65 bits per heavy atom. The quantitative estimate of drug-likeness (QED) is 0.574. The van der Waals surface area contributed by atoms with Crippen LogP contribution in [0.4, 0.5) is 4.79 Å². The average molecular weight is 287 g/mol. The number of primary amides is 1. The minimum Gasteiger partial charge on any atom is -0.481 e. The van der Waals surface area contributed by atoms with Gasteiger partial charge >= 0.3 is 12.0 Å². The van der Waals surface area contributed by atoms with Crippen LogP contribution in [0.1, 0.15) is 41.0 Å². The van der Waals surface area contributed by atoms with Gasteiger partial charge in [-0.1, -0.05) is 20.8 Å². The normalized spacial score (nSPS) is 13.4. The second-order valence-electron chi connectivity index (χ2n) is 6.62. The monoisotopic (exact) mass is 287 g/mol. The van der Waals surface area contributed by atoms with Crippen molar-refractivity contribution >= 4 is 17.9 Å². The zero-order chi connectivity index (χ0) is 16.1. The van der Waals surface area contributed by atoms with Gasteiger partial charge in [-0.25, -0.2) is 4.79 Å². The number of carbonyl (C=O) groups excluding carboxylic acids is 2. The topological polar surface area (TPSA) is 122 Å². The lowest BCUT2D eigenvalue weighted by Crippen LogP contribution is -2.56. The first-order chi connectivity index (χ1) is 8.85. The first-order valence-corrected chi connectivity index (χ1v) is 6.44. The van der Waals surface area contributed by atoms with Crippen molar-refractivity contribution in [1.82, 2.24) is 10.6 Å². The van der Waals surface area contributed by atoms with Gasteiger partial charge in [-0.05, 0) is 25.7 Å². The third-order valence-electron chi connectivity index (χ3n) is 2.76. The molecule has 5 N–H and O–H groups in total. The Labute approximate surface area is 119 Å². The molecule has 20 heavy (non-hydrogen) atoms. The van der Waals surface area contributed by atoms with Crippen molar-refractivity contribution in [3.8, 4) is 0 Å². The van der Waals surface area contributed by atoms with Crippen molar-refractivity contribution in [3.63, 3.8) is 0 Å². The van der Waals surface area contributed by atoms with Crippen molar-refractivity contribution in [2.24, 2.45) is 17.1 Å². The lowest BCUT2D eigenvalue weighted by atomic mass is 9.84. The highest BCUT2D eigenvalue weighted by molar-refractivity contribution is 5.89. The van der Waals surface area contributed by atoms with E-state index in [9.17, 15) is 14.4 Å². The van der Waals surface area contributed by atoms with Gasteiger partial charge in [-0.15, -0.1) is 0 Å². The molecule has 0 aliphatic heterocycles. The van der Waals surface area contributed by atoms with Crippen LogP contribution in [0.2, 0.25) is 0 Å². The van der Waals surface area contributed by atoms with Crippen LogP contribution in [0, 0.1) is 11.3 Å². The van der Waals surface area contributed by atoms with Crippen molar-refractivity contribution in [2.45, 2.75) is 46.6 Å². The second kappa shape index (κ2) is 6.58. The van der Waals surface area contributed by atoms with Crippen LogP contribution in [0.15, 0.2) is 0 Å². The number of nitrogens with one attached hydrogen (secondary N) is 2. The highest BCUT2D eigenvalue weighted by atomic mass is 16.4. The van der Waals surface area contributed by atoms with Crippen LogP contribution in [0.5, 0.6) is 0 Å². The van der Waals surface area contributed by atoms with E-state index in [1.165, 1.54) is 13.8 Å². The van der Waals surface area contributed by atoms with Crippen LogP contribution in [-0.2, 0) is 9.59 Å². The number of hydrogen-bond donors (Lipinski definition) is 4. The van der Waals surface area contributed by atoms with Crippen molar-refractivity contribution < 1.29 is 19.5 Å². The molecule has 0 aliphatic carbocycles. The van der Waals surface area contributed by atoms with E-state index in [0.717, 1.165) is 0 Å². The summed E-state index contributed by atoms with van der Waals surface area (Å²) < 4.78 is 0. The Hall–Kier alpha value is -1.79. The molecule has 0 aliphatic rings. The van der Waals surface area contributed by atoms with Gasteiger partial charge in [0, 0.05) is 6.54 Å². The van der Waals surface area contributed by atoms with Crippen molar-refractivity contribution in [3.05, 3.63) is 0 Å². The van der Waals surface area contributed by atoms with Crippen LogP contribution in [0.25, 0.3) is 0 Å². The van der Waals surface area contributed by atoms with Gasteiger partial charge in [0.15, 0.2) is 0 Å². The van der Waals surface area contributed by atoms with Crippen LogP contribution in [-0.4, -0.2) is 35.1 Å². The molecule has 7 nitrogen and oxygen atoms in total. The summed E-state index contributed by atoms with van der Waals surface area (Å²) in [5.74, 6) is -2.32. The molecule has 0 spiro atoms. The van der Waals surface area contributed by atoms with Crippen molar-refractivity contribution in [2.75, 3.05) is 6.54 Å². The summed E-state index contributed by atoms with van der Waals surface area (Å²) in [4.78, 5) is 33.8. The lowest BCUT2D eigenvalue weighted by molar-refractivity contribution is -0.142. The number of nitrogens with two attached hydrogens (primary N) is 1. The number of aliphatic carboxylic acids is 1. The highest BCUT2D eigenvalue weighted by Gasteiger charge is 2.28. The predicted molar refractivity (Wildman–Crippen MR) is 75.0 cm³/mol. The first kappa shape index (κ1) is 18.2. The Morgan fingerprint density at radius 3 is 2.00 bits per heavy atom. The number of hydrogen-bond acceptors (Lipinski definition) is 3. The molecule has 0 aromatic rings. The minimum atomic E-state index is -1.19. The van der Waals surface area contributed by atoms with E-state index in [0.29, 0.717) is 6.42 Å². The van der Waals surface area contributed by atoms with E-state index in [2.05, 4.69) is 10.6 Å². The molecule has 3 amide bonds. The van der Waals surface area contributed by atoms with Gasteiger partial charge in [0.25, 0.3) is 0 Å². The molecule has 0 fully saturated rings. The number of carboxylic acid groups (broad SMARTS) is 1. The molecule has 1 atom stereocenters. The Kier molecular flexibility index (Phi) is 5.99. The van der Waals surface area contributed by atoms with Gasteiger partial charge < -0.3 is 21.5 Å². The summed E-state index contributed by atoms with van der Waals surface area (Å²) in [6.45, 7) is 8.72. The van der Waals surface area contributed by atoms with E-state index >= 15 is 0 Å². The Bertz CT molecular complexity index is 386. The van der Waals surface area contributed by atoms with Gasteiger partial charge in [0.1, 0.15) is 5.54 Å². The molecule has 1 unspecified atom stereocenters. The second-order valence-corrected chi connectivity index (χ2v) is 6.62. The predicted octanol–water partition coefficient (Wildman–Crippen LogP) is 0.687. The minimum absolute atomic E-state index is 0.00667. The summed E-state index contributed by atoms with van der Waals surface area (Å²) in [6.07, 6.45) is 0.432. The molecule has 7 heteroatoms. The number of amides is 3. The Balaban J connectivity index is 4.47. The van der Waals surface area contributed by atoms with E-state index in [4.69, 9.17) is 10.8 Å². The van der Waals surface area contributed by atoms with Gasteiger partial charge in [0.2, 0.25) is 5.91 Å². The van der Waals surface area contributed by atoms with Gasteiger partial charge in [-0.3, -0.25) is 9.59 Å². The summed E-state index contributed by atoms with van der Waals surface area (Å²) in [5.41, 5.74) is 3.78. The number of carboxylic acids is 1. The fraction of sp³-hybridized carbons (Fsp3) is 0.769. The molecular formula is C13H25N3O4. The van der Waals surface area contributed by atoms with Gasteiger partial charge in [0.05, 0.1) is 5.92 Å².